The van der Waals surface area contributed by atoms with Crippen LogP contribution in [0.25, 0.3) is 0 Å². The lowest BCUT2D eigenvalue weighted by Crippen LogP contribution is -2.33. The van der Waals surface area contributed by atoms with E-state index in [1.54, 1.807) is 0 Å². The van der Waals surface area contributed by atoms with Gasteiger partial charge in [0.15, 0.2) is 5.78 Å². The van der Waals surface area contributed by atoms with Crippen LogP contribution in [0, 0.1) is 24.2 Å². The van der Waals surface area contributed by atoms with Gasteiger partial charge < -0.3 is 4.90 Å². The quantitative estimate of drug-likeness (QED) is 0.332. The summed E-state index contributed by atoms with van der Waals surface area (Å²) in [6.07, 6.45) is 4.80. The number of nitrogens with zero attached hydrogens (tertiary/aromatic N) is 2. The summed E-state index contributed by atoms with van der Waals surface area (Å²) >= 11 is 6.38. The summed E-state index contributed by atoms with van der Waals surface area (Å²) in [5.41, 5.74) is 4.74. The molecule has 1 aliphatic rings. The first kappa shape index (κ1) is 23.1. The Morgan fingerprint density at radius 2 is 1.88 bits per heavy atom. The Balaban J connectivity index is 1.45. The van der Waals surface area contributed by atoms with Gasteiger partial charge in [-0.05, 0) is 68.4 Å². The number of hydrogen-bond donors (Lipinski definition) is 0. The number of aryl methyl sites for hydroxylation is 1. The summed E-state index contributed by atoms with van der Waals surface area (Å²) in [5.74, 6) is 0.776. The first-order valence-electron chi connectivity index (χ1n) is 11.6. The Hall–Kier alpha value is -3.09. The highest BCUT2D eigenvalue weighted by molar-refractivity contribution is 6.32. The van der Waals surface area contributed by atoms with Gasteiger partial charge in [0.1, 0.15) is 6.07 Å². The molecule has 1 unspecified atom stereocenters. The van der Waals surface area contributed by atoms with Crippen molar-refractivity contribution in [2.45, 2.75) is 51.6 Å². The van der Waals surface area contributed by atoms with Gasteiger partial charge in [-0.1, -0.05) is 65.7 Å². The number of carbonyl (C=O) groups excluding carboxylic acids is 1. The van der Waals surface area contributed by atoms with E-state index in [9.17, 15) is 10.1 Å². The number of benzene rings is 3. The van der Waals surface area contributed by atoms with Crippen molar-refractivity contribution in [3.05, 3.63) is 100 Å². The molecule has 3 aromatic carbocycles. The van der Waals surface area contributed by atoms with Gasteiger partial charge in [0, 0.05) is 30.3 Å². The summed E-state index contributed by atoms with van der Waals surface area (Å²) < 4.78 is 0. The van der Waals surface area contributed by atoms with Crippen LogP contribution in [0.1, 0.15) is 59.2 Å². The van der Waals surface area contributed by atoms with Crippen molar-refractivity contribution in [3.8, 4) is 6.07 Å². The zero-order valence-electron chi connectivity index (χ0n) is 19.0. The third-order valence-corrected chi connectivity index (χ3v) is 6.99. The van der Waals surface area contributed by atoms with Crippen molar-refractivity contribution in [3.63, 3.8) is 0 Å². The molecule has 4 heteroatoms. The van der Waals surface area contributed by atoms with Crippen LogP contribution >= 0.6 is 11.6 Å². The lowest BCUT2D eigenvalue weighted by atomic mass is 9.96. The molecule has 2 atom stereocenters. The normalized spacial score (nSPS) is 17.5. The van der Waals surface area contributed by atoms with Crippen LogP contribution in [-0.4, -0.2) is 11.8 Å². The van der Waals surface area contributed by atoms with Crippen molar-refractivity contribution in [2.24, 2.45) is 5.92 Å². The second kappa shape index (κ2) is 10.7. The number of ketones is 1. The van der Waals surface area contributed by atoms with Gasteiger partial charge in [-0.25, -0.2) is 0 Å². The number of nitriles is 1. The third kappa shape index (κ3) is 5.83. The molecule has 0 radical (unpaired) electrons. The first-order valence-corrected chi connectivity index (χ1v) is 12.0. The number of anilines is 1. The van der Waals surface area contributed by atoms with Crippen LogP contribution in [0.4, 0.5) is 5.69 Å². The predicted octanol–water partition coefficient (Wildman–Crippen LogP) is 7.36. The number of carbonyl (C=O) groups is 1. The van der Waals surface area contributed by atoms with Crippen LogP contribution in [0.2, 0.25) is 5.02 Å². The molecule has 0 spiro atoms. The Morgan fingerprint density at radius 3 is 2.61 bits per heavy atom. The molecule has 0 heterocycles. The zero-order chi connectivity index (χ0) is 23.2. The number of Topliss-reactive ketones (excluding diaryl/α,β-unsaturated/α-hetero) is 1. The molecule has 0 aromatic heterocycles. The van der Waals surface area contributed by atoms with E-state index in [1.165, 1.54) is 5.56 Å². The molecule has 1 aliphatic carbocycles. The van der Waals surface area contributed by atoms with E-state index >= 15 is 0 Å². The average molecular weight is 457 g/mol. The molecule has 0 saturated heterocycles. The van der Waals surface area contributed by atoms with E-state index in [2.05, 4.69) is 35.2 Å². The molecule has 3 aromatic rings. The summed E-state index contributed by atoms with van der Waals surface area (Å²) in [5, 5.41) is 9.75. The molecule has 1 fully saturated rings. The summed E-state index contributed by atoms with van der Waals surface area (Å²) in [7, 11) is 0. The summed E-state index contributed by atoms with van der Waals surface area (Å²) in [4.78, 5) is 15.1. The van der Waals surface area contributed by atoms with E-state index in [-0.39, 0.29) is 5.78 Å². The van der Waals surface area contributed by atoms with E-state index in [4.69, 9.17) is 11.6 Å². The van der Waals surface area contributed by atoms with Crippen molar-refractivity contribution in [2.75, 3.05) is 4.90 Å². The van der Waals surface area contributed by atoms with Crippen LogP contribution in [0.15, 0.2) is 72.8 Å². The molecule has 1 saturated carbocycles. The topological polar surface area (TPSA) is 44.1 Å². The summed E-state index contributed by atoms with van der Waals surface area (Å²) in [6.45, 7) is 2.82. The maximum atomic E-state index is 12.7. The van der Waals surface area contributed by atoms with E-state index in [0.717, 1.165) is 49.0 Å². The maximum absolute atomic E-state index is 12.7. The molecule has 0 amide bonds. The molecular formula is C29H29ClN2O. The fraction of sp³-hybridized carbons (Fsp3) is 0.310. The van der Waals surface area contributed by atoms with Gasteiger partial charge in [-0.3, -0.25) is 4.79 Å². The highest BCUT2D eigenvalue weighted by Crippen LogP contribution is 2.37. The first-order chi connectivity index (χ1) is 16.0. The number of hydrogen-bond acceptors (Lipinski definition) is 3. The van der Waals surface area contributed by atoms with Gasteiger partial charge >= 0.3 is 0 Å². The van der Waals surface area contributed by atoms with Crippen LogP contribution in [0.3, 0.4) is 0 Å². The lowest BCUT2D eigenvalue weighted by Gasteiger charge is -2.32. The van der Waals surface area contributed by atoms with E-state index in [1.807, 2.05) is 55.5 Å². The van der Waals surface area contributed by atoms with Gasteiger partial charge in [0.2, 0.25) is 0 Å². The Labute approximate surface area is 201 Å². The molecule has 0 bridgehead atoms. The van der Waals surface area contributed by atoms with Crippen LogP contribution in [0.5, 0.6) is 0 Å². The van der Waals surface area contributed by atoms with Gasteiger partial charge in [-0.2, -0.15) is 5.26 Å². The van der Waals surface area contributed by atoms with E-state index < -0.39 is 0 Å². The zero-order valence-corrected chi connectivity index (χ0v) is 19.8. The van der Waals surface area contributed by atoms with Crippen molar-refractivity contribution < 1.29 is 4.79 Å². The highest BCUT2D eigenvalue weighted by atomic mass is 35.5. The minimum absolute atomic E-state index is 0.238. The molecule has 33 heavy (non-hydrogen) atoms. The number of halogens is 1. The molecular weight excluding hydrogens is 428 g/mol. The Kier molecular flexibility index (Phi) is 7.47. The molecule has 0 N–H and O–H groups in total. The molecule has 4 rings (SSSR count). The van der Waals surface area contributed by atoms with E-state index in [0.29, 0.717) is 29.0 Å². The molecule has 0 aliphatic heterocycles. The van der Waals surface area contributed by atoms with Crippen molar-refractivity contribution >= 4 is 23.1 Å². The van der Waals surface area contributed by atoms with Gasteiger partial charge in [0.25, 0.3) is 0 Å². The maximum Gasteiger partial charge on any atom is 0.162 e. The Morgan fingerprint density at radius 1 is 1.06 bits per heavy atom. The van der Waals surface area contributed by atoms with Gasteiger partial charge in [0.05, 0.1) is 10.6 Å². The highest BCUT2D eigenvalue weighted by Gasteiger charge is 2.30. The lowest BCUT2D eigenvalue weighted by molar-refractivity contribution is 0.0973. The fourth-order valence-corrected chi connectivity index (χ4v) is 5.09. The van der Waals surface area contributed by atoms with Crippen molar-refractivity contribution in [1.82, 2.24) is 0 Å². The second-order valence-corrected chi connectivity index (χ2v) is 9.46. The van der Waals surface area contributed by atoms with Crippen molar-refractivity contribution in [1.29, 1.82) is 5.26 Å². The third-order valence-electron chi connectivity index (χ3n) is 6.67. The van der Waals surface area contributed by atoms with Crippen LogP contribution in [-0.2, 0) is 6.54 Å². The van der Waals surface area contributed by atoms with Gasteiger partial charge in [-0.15, -0.1) is 0 Å². The SMILES string of the molecule is Cc1cccc(C(=O)CCC2CC[C@H](N(Cc3ccccc3)c3ccc(C#N)c(Cl)c3)C2)c1. The predicted molar refractivity (Wildman–Crippen MR) is 135 cm³/mol. The fourth-order valence-electron chi connectivity index (χ4n) is 4.88. The monoisotopic (exact) mass is 456 g/mol. The second-order valence-electron chi connectivity index (χ2n) is 9.05. The van der Waals surface area contributed by atoms with Crippen LogP contribution < -0.4 is 4.90 Å². The smallest absolute Gasteiger partial charge is 0.162 e. The Bertz CT molecular complexity index is 1150. The standard InChI is InChI=1S/C29H29ClN2O/c1-21-6-5-9-24(16-21)29(33)15-11-22-10-13-26(17-22)32(20-23-7-3-2-4-8-23)27-14-12-25(19-31)28(30)18-27/h2-9,12,14,16,18,22,26H,10-11,13,15,17,20H2,1H3/t22?,26-/m0/s1. The molecule has 168 valence electrons. The molecule has 3 nitrogen and oxygen atoms in total. The average Bonchev–Trinajstić information content (AvgIpc) is 3.30. The number of rotatable bonds is 8. The minimum atomic E-state index is 0.238. The summed E-state index contributed by atoms with van der Waals surface area (Å²) in [6, 6.07) is 26.6. The minimum Gasteiger partial charge on any atom is -0.364 e. The largest absolute Gasteiger partial charge is 0.364 e.